The molecule has 6 nitrogen and oxygen atoms in total. The number of benzene rings is 2. The lowest BCUT2D eigenvalue weighted by Gasteiger charge is -2.33. The Hall–Kier alpha value is -2.99. The number of hydrogen-bond donors (Lipinski definition) is 2. The maximum Gasteiger partial charge on any atom is 0.248 e. The van der Waals surface area contributed by atoms with Crippen molar-refractivity contribution in [3.05, 3.63) is 59.8 Å². The van der Waals surface area contributed by atoms with Crippen LogP contribution in [0.5, 0.6) is 11.5 Å². The van der Waals surface area contributed by atoms with Gasteiger partial charge in [0.05, 0.1) is 6.61 Å². The van der Waals surface area contributed by atoms with Gasteiger partial charge in [0.2, 0.25) is 5.91 Å². The molecule has 1 saturated heterocycles. The Balaban J connectivity index is 1.40. The van der Waals surface area contributed by atoms with E-state index < -0.39 is 5.91 Å². The summed E-state index contributed by atoms with van der Waals surface area (Å²) in [5.41, 5.74) is 7.96. The fraction of sp³-hybridized carbons (Fsp3) is 0.375. The summed E-state index contributed by atoms with van der Waals surface area (Å²) < 4.78 is 7.96. The molecular formula is C24H29N3O3. The number of aromatic hydroxyl groups is 1. The van der Waals surface area contributed by atoms with Gasteiger partial charge in [-0.05, 0) is 61.9 Å². The van der Waals surface area contributed by atoms with Crippen molar-refractivity contribution in [3.8, 4) is 11.5 Å². The van der Waals surface area contributed by atoms with Crippen molar-refractivity contribution >= 4 is 16.8 Å². The molecule has 1 aliphatic heterocycles. The van der Waals surface area contributed by atoms with Crippen molar-refractivity contribution in [2.75, 3.05) is 26.2 Å². The number of nitrogens with zero attached hydrogens (tertiary/aromatic N) is 2. The molecule has 0 atom stereocenters. The minimum atomic E-state index is -0.393. The fourth-order valence-corrected chi connectivity index (χ4v) is 4.41. The summed E-state index contributed by atoms with van der Waals surface area (Å²) in [6, 6.07) is 13.6. The molecule has 3 N–H and O–H groups in total. The predicted octanol–water partition coefficient (Wildman–Crippen LogP) is 3.72. The van der Waals surface area contributed by atoms with Crippen LogP contribution in [-0.4, -0.2) is 46.7 Å². The van der Waals surface area contributed by atoms with Crippen molar-refractivity contribution in [1.29, 1.82) is 0 Å². The fourth-order valence-electron chi connectivity index (χ4n) is 4.41. The molecule has 0 radical (unpaired) electrons. The second-order valence-corrected chi connectivity index (χ2v) is 7.87. The Morgan fingerprint density at radius 1 is 1.20 bits per heavy atom. The summed E-state index contributed by atoms with van der Waals surface area (Å²) in [7, 11) is 0. The second kappa shape index (κ2) is 8.79. The SMILES string of the molecule is CCOc1cccc(O)c1CCN1CCC(n2ccc3ccc(C(N)=O)cc32)CC1. The Bertz CT molecular complexity index is 1040. The van der Waals surface area contributed by atoms with E-state index in [1.807, 2.05) is 31.2 Å². The second-order valence-electron chi connectivity index (χ2n) is 7.87. The number of nitrogens with two attached hydrogens (primary N) is 1. The molecule has 1 fully saturated rings. The van der Waals surface area contributed by atoms with Gasteiger partial charge in [-0.1, -0.05) is 12.1 Å². The number of fused-ring (bicyclic) bond motifs is 1. The van der Waals surface area contributed by atoms with Crippen LogP contribution in [-0.2, 0) is 6.42 Å². The van der Waals surface area contributed by atoms with Crippen molar-refractivity contribution in [2.24, 2.45) is 5.73 Å². The van der Waals surface area contributed by atoms with Crippen LogP contribution >= 0.6 is 0 Å². The molecule has 1 amide bonds. The van der Waals surface area contributed by atoms with Gasteiger partial charge in [0.15, 0.2) is 0 Å². The minimum Gasteiger partial charge on any atom is -0.508 e. The first-order valence-electron chi connectivity index (χ1n) is 10.6. The molecule has 1 aliphatic rings. The van der Waals surface area contributed by atoms with Crippen molar-refractivity contribution in [1.82, 2.24) is 9.47 Å². The number of carbonyl (C=O) groups excluding carboxylic acids is 1. The van der Waals surface area contributed by atoms with Crippen molar-refractivity contribution < 1.29 is 14.6 Å². The number of primary amides is 1. The normalized spacial score (nSPS) is 15.5. The van der Waals surface area contributed by atoms with Gasteiger partial charge in [-0.2, -0.15) is 0 Å². The monoisotopic (exact) mass is 407 g/mol. The number of aromatic nitrogens is 1. The molecule has 2 heterocycles. The number of phenols is 1. The number of phenolic OH excluding ortho intramolecular Hbond substituents is 1. The van der Waals surface area contributed by atoms with Gasteiger partial charge in [-0.25, -0.2) is 0 Å². The van der Waals surface area contributed by atoms with Gasteiger partial charge < -0.3 is 25.0 Å². The summed E-state index contributed by atoms with van der Waals surface area (Å²) in [6.07, 6.45) is 4.97. The summed E-state index contributed by atoms with van der Waals surface area (Å²) >= 11 is 0. The van der Waals surface area contributed by atoms with E-state index in [-0.39, 0.29) is 0 Å². The third kappa shape index (κ3) is 4.14. The molecule has 4 rings (SSSR count). The zero-order valence-corrected chi connectivity index (χ0v) is 17.4. The van der Waals surface area contributed by atoms with Crippen LogP contribution in [0.2, 0.25) is 0 Å². The van der Waals surface area contributed by atoms with E-state index in [1.54, 1.807) is 12.1 Å². The molecule has 0 bridgehead atoms. The van der Waals surface area contributed by atoms with Crippen LogP contribution in [0.3, 0.4) is 0 Å². The highest BCUT2D eigenvalue weighted by Crippen LogP contribution is 2.31. The topological polar surface area (TPSA) is 80.7 Å². The zero-order valence-electron chi connectivity index (χ0n) is 17.4. The van der Waals surface area contributed by atoms with Crippen LogP contribution < -0.4 is 10.5 Å². The third-order valence-corrected chi connectivity index (χ3v) is 6.04. The summed E-state index contributed by atoms with van der Waals surface area (Å²) in [6.45, 7) is 5.43. The lowest BCUT2D eigenvalue weighted by molar-refractivity contribution is 0.100. The average molecular weight is 408 g/mol. The Morgan fingerprint density at radius 2 is 2.00 bits per heavy atom. The quantitative estimate of drug-likeness (QED) is 0.625. The Morgan fingerprint density at radius 3 is 2.73 bits per heavy atom. The van der Waals surface area contributed by atoms with E-state index in [2.05, 4.69) is 21.7 Å². The van der Waals surface area contributed by atoms with Crippen molar-refractivity contribution in [2.45, 2.75) is 32.2 Å². The molecule has 158 valence electrons. The van der Waals surface area contributed by atoms with Gasteiger partial charge in [0, 0.05) is 48.5 Å². The summed E-state index contributed by atoms with van der Waals surface area (Å²) in [5, 5.41) is 11.4. The van der Waals surface area contributed by atoms with Crippen LogP contribution in [0, 0.1) is 0 Å². The van der Waals surface area contributed by atoms with E-state index >= 15 is 0 Å². The molecule has 30 heavy (non-hydrogen) atoms. The number of piperidine rings is 1. The summed E-state index contributed by atoms with van der Waals surface area (Å²) in [5.74, 6) is 0.686. The molecule has 0 spiro atoms. The maximum absolute atomic E-state index is 11.6. The lowest BCUT2D eigenvalue weighted by atomic mass is 10.0. The molecule has 6 heteroatoms. The molecule has 3 aromatic rings. The van der Waals surface area contributed by atoms with Gasteiger partial charge in [-0.15, -0.1) is 0 Å². The van der Waals surface area contributed by atoms with E-state index in [9.17, 15) is 9.90 Å². The van der Waals surface area contributed by atoms with E-state index in [4.69, 9.17) is 10.5 Å². The predicted molar refractivity (Wildman–Crippen MR) is 118 cm³/mol. The first kappa shape index (κ1) is 20.3. The first-order valence-corrected chi connectivity index (χ1v) is 10.6. The third-order valence-electron chi connectivity index (χ3n) is 6.04. The highest BCUT2D eigenvalue weighted by atomic mass is 16.5. The molecule has 0 unspecified atom stereocenters. The minimum absolute atomic E-state index is 0.305. The van der Waals surface area contributed by atoms with E-state index in [0.717, 1.165) is 61.1 Å². The Kier molecular flexibility index (Phi) is 5.95. The standard InChI is InChI=1S/C24H29N3O3/c1-2-30-23-5-3-4-22(28)20(23)11-14-26-12-9-19(10-13-26)27-15-8-17-6-7-18(24(25)29)16-21(17)27/h3-8,15-16,19,28H,2,9-14H2,1H3,(H2,25,29). The van der Waals surface area contributed by atoms with Gasteiger partial charge in [-0.3, -0.25) is 4.79 Å². The molecule has 1 aromatic heterocycles. The van der Waals surface area contributed by atoms with E-state index in [1.165, 1.54) is 0 Å². The number of hydrogen-bond acceptors (Lipinski definition) is 4. The number of amides is 1. The summed E-state index contributed by atoms with van der Waals surface area (Å²) in [4.78, 5) is 14.0. The number of ether oxygens (including phenoxy) is 1. The smallest absolute Gasteiger partial charge is 0.248 e. The highest BCUT2D eigenvalue weighted by molar-refractivity contribution is 5.97. The molecule has 0 saturated carbocycles. The van der Waals surface area contributed by atoms with Crippen molar-refractivity contribution in [3.63, 3.8) is 0 Å². The highest BCUT2D eigenvalue weighted by Gasteiger charge is 2.22. The van der Waals surface area contributed by atoms with Crippen LogP contribution in [0.25, 0.3) is 10.9 Å². The molecule has 0 aliphatic carbocycles. The maximum atomic E-state index is 11.6. The van der Waals surface area contributed by atoms with E-state index in [0.29, 0.717) is 24.0 Å². The molecular weight excluding hydrogens is 378 g/mol. The van der Waals surface area contributed by atoms with Gasteiger partial charge in [0.25, 0.3) is 0 Å². The first-order chi connectivity index (χ1) is 14.6. The lowest BCUT2D eigenvalue weighted by Crippen LogP contribution is -2.35. The zero-order chi connectivity index (χ0) is 21.1. The number of rotatable bonds is 7. The Labute approximate surface area is 176 Å². The van der Waals surface area contributed by atoms with Crippen LogP contribution in [0.15, 0.2) is 48.7 Å². The largest absolute Gasteiger partial charge is 0.508 e. The van der Waals surface area contributed by atoms with Gasteiger partial charge in [0.1, 0.15) is 11.5 Å². The average Bonchev–Trinajstić information content (AvgIpc) is 3.17. The number of likely N-dealkylation sites (tertiary alicyclic amines) is 1. The van der Waals surface area contributed by atoms with Crippen LogP contribution in [0.1, 0.15) is 41.7 Å². The number of carbonyl (C=O) groups is 1. The van der Waals surface area contributed by atoms with Gasteiger partial charge >= 0.3 is 0 Å². The van der Waals surface area contributed by atoms with Crippen LogP contribution in [0.4, 0.5) is 0 Å². The molecule has 2 aromatic carbocycles.